The Labute approximate surface area is 221 Å². The maximum absolute atomic E-state index is 14.7. The standard InChI is InChI=1S/C31H31FN2O4/c1-38-29(35)13-3-20-15-25(32)18-27(16-20)34(31(37)28-17-19-2-4-24(28)14-19)30(36)23-7-5-21(6-8-23)22-9-11-26(33)12-10-22/h3,5-13,15-16,18-19,24,28,30,36H,2,4,14,17,33H2,1H3/b13-3+. The van der Waals surface area contributed by atoms with Crippen LogP contribution in [0.25, 0.3) is 17.2 Å². The first-order chi connectivity index (χ1) is 18.3. The molecule has 2 aliphatic carbocycles. The van der Waals surface area contributed by atoms with Gasteiger partial charge in [-0.1, -0.05) is 42.8 Å². The van der Waals surface area contributed by atoms with E-state index in [1.54, 1.807) is 18.2 Å². The summed E-state index contributed by atoms with van der Waals surface area (Å²) in [6.07, 6.45) is 5.23. The second kappa shape index (κ2) is 10.8. The fraction of sp³-hybridized carbons (Fsp3) is 0.290. The minimum Gasteiger partial charge on any atom is -0.466 e. The van der Waals surface area contributed by atoms with Gasteiger partial charge in [-0.15, -0.1) is 0 Å². The van der Waals surface area contributed by atoms with Crippen molar-refractivity contribution in [3.8, 4) is 11.1 Å². The lowest BCUT2D eigenvalue weighted by atomic mass is 9.87. The van der Waals surface area contributed by atoms with E-state index in [-0.39, 0.29) is 23.4 Å². The Hall–Kier alpha value is -3.97. The van der Waals surface area contributed by atoms with Crippen LogP contribution in [0.2, 0.25) is 0 Å². The van der Waals surface area contributed by atoms with Crippen molar-refractivity contribution in [1.29, 1.82) is 0 Å². The molecule has 6 nitrogen and oxygen atoms in total. The maximum atomic E-state index is 14.7. The summed E-state index contributed by atoms with van der Waals surface area (Å²) in [6.45, 7) is 0. The predicted octanol–water partition coefficient (Wildman–Crippen LogP) is 5.72. The zero-order chi connectivity index (χ0) is 26.8. The number of fused-ring (bicyclic) bond motifs is 2. The van der Waals surface area contributed by atoms with Gasteiger partial charge >= 0.3 is 5.97 Å². The van der Waals surface area contributed by atoms with Crippen LogP contribution in [-0.4, -0.2) is 24.1 Å². The molecule has 3 aromatic rings. The molecule has 196 valence electrons. The molecule has 3 aromatic carbocycles. The summed E-state index contributed by atoms with van der Waals surface area (Å²) >= 11 is 0. The maximum Gasteiger partial charge on any atom is 0.330 e. The van der Waals surface area contributed by atoms with Gasteiger partial charge in [0.15, 0.2) is 6.23 Å². The van der Waals surface area contributed by atoms with E-state index in [4.69, 9.17) is 5.73 Å². The molecule has 0 heterocycles. The fourth-order valence-electron chi connectivity index (χ4n) is 5.85. The Kier molecular flexibility index (Phi) is 7.29. The Morgan fingerprint density at radius 3 is 2.32 bits per heavy atom. The van der Waals surface area contributed by atoms with E-state index < -0.39 is 18.0 Å². The number of benzene rings is 3. The molecule has 0 aliphatic heterocycles. The van der Waals surface area contributed by atoms with Crippen molar-refractivity contribution in [2.75, 3.05) is 17.7 Å². The lowest BCUT2D eigenvalue weighted by Gasteiger charge is -2.33. The molecule has 4 atom stereocenters. The summed E-state index contributed by atoms with van der Waals surface area (Å²) < 4.78 is 19.4. The highest BCUT2D eigenvalue weighted by atomic mass is 19.1. The van der Waals surface area contributed by atoms with E-state index in [9.17, 15) is 19.1 Å². The van der Waals surface area contributed by atoms with Gasteiger partial charge in [-0.25, -0.2) is 9.18 Å². The van der Waals surface area contributed by atoms with E-state index in [0.717, 1.165) is 36.8 Å². The van der Waals surface area contributed by atoms with Crippen molar-refractivity contribution in [3.05, 3.63) is 89.8 Å². The Bertz CT molecular complexity index is 1350. The third kappa shape index (κ3) is 5.34. The number of nitrogens with two attached hydrogens (primary N) is 1. The fourth-order valence-corrected chi connectivity index (χ4v) is 5.85. The average Bonchev–Trinajstić information content (AvgIpc) is 3.56. The number of esters is 1. The number of methoxy groups -OCH3 is 1. The molecule has 4 unspecified atom stereocenters. The van der Waals surface area contributed by atoms with Gasteiger partial charge in [0.25, 0.3) is 0 Å². The van der Waals surface area contributed by atoms with Gasteiger partial charge in [0, 0.05) is 23.2 Å². The zero-order valence-electron chi connectivity index (χ0n) is 21.2. The van der Waals surface area contributed by atoms with Crippen molar-refractivity contribution >= 4 is 29.3 Å². The van der Waals surface area contributed by atoms with Gasteiger partial charge in [0.2, 0.25) is 5.91 Å². The Balaban J connectivity index is 1.49. The number of nitrogen functional groups attached to an aromatic ring is 1. The molecule has 2 aliphatic rings. The summed E-state index contributed by atoms with van der Waals surface area (Å²) in [5.74, 6) is -0.772. The van der Waals surface area contributed by atoms with Crippen LogP contribution in [0, 0.1) is 23.6 Å². The molecule has 5 rings (SSSR count). The van der Waals surface area contributed by atoms with E-state index in [1.165, 1.54) is 36.3 Å². The zero-order valence-corrected chi connectivity index (χ0v) is 21.2. The van der Waals surface area contributed by atoms with Gasteiger partial charge in [-0.3, -0.25) is 9.69 Å². The monoisotopic (exact) mass is 514 g/mol. The normalized spacial score (nSPS) is 21.0. The van der Waals surface area contributed by atoms with Crippen LogP contribution in [0.4, 0.5) is 15.8 Å². The second-order valence-electron chi connectivity index (χ2n) is 10.2. The predicted molar refractivity (Wildman–Crippen MR) is 145 cm³/mol. The molecule has 0 spiro atoms. The first-order valence-corrected chi connectivity index (χ1v) is 12.9. The number of hydrogen-bond donors (Lipinski definition) is 2. The topological polar surface area (TPSA) is 92.9 Å². The number of carbonyl (C=O) groups is 2. The Morgan fingerprint density at radius 2 is 1.71 bits per heavy atom. The SMILES string of the molecule is COC(=O)/C=C/c1cc(F)cc(N(C(=O)C2CC3CCC2C3)C(O)c2ccc(-c3ccc(N)cc3)cc2)c1. The number of amides is 1. The summed E-state index contributed by atoms with van der Waals surface area (Å²) in [4.78, 5) is 26.8. The van der Waals surface area contributed by atoms with E-state index in [0.29, 0.717) is 22.7 Å². The second-order valence-corrected chi connectivity index (χ2v) is 10.2. The third-order valence-corrected chi connectivity index (χ3v) is 7.79. The quantitative estimate of drug-likeness (QED) is 0.182. The molecule has 0 radical (unpaired) electrons. The molecular weight excluding hydrogens is 483 g/mol. The van der Waals surface area contributed by atoms with Crippen molar-refractivity contribution in [3.63, 3.8) is 0 Å². The first-order valence-electron chi connectivity index (χ1n) is 12.9. The minimum atomic E-state index is -1.32. The number of anilines is 2. The van der Waals surface area contributed by atoms with E-state index in [2.05, 4.69) is 4.74 Å². The number of carbonyl (C=O) groups excluding carboxylic acids is 2. The van der Waals surface area contributed by atoms with Crippen LogP contribution in [0.3, 0.4) is 0 Å². The number of aliphatic hydroxyl groups is 1. The summed E-state index contributed by atoms with van der Waals surface area (Å²) in [5.41, 5.74) is 9.50. The van der Waals surface area contributed by atoms with E-state index in [1.807, 2.05) is 36.4 Å². The molecule has 0 aromatic heterocycles. The molecular formula is C31H31FN2O4. The van der Waals surface area contributed by atoms with Gasteiger partial charge in [0.05, 0.1) is 12.8 Å². The molecule has 2 saturated carbocycles. The average molecular weight is 515 g/mol. The Morgan fingerprint density at radius 1 is 1.03 bits per heavy atom. The van der Waals surface area contributed by atoms with Gasteiger partial charge < -0.3 is 15.6 Å². The summed E-state index contributed by atoms with van der Waals surface area (Å²) in [6, 6.07) is 18.9. The lowest BCUT2D eigenvalue weighted by molar-refractivity contribution is -0.134. The van der Waals surface area contributed by atoms with Crippen molar-refractivity contribution < 1.29 is 23.8 Å². The summed E-state index contributed by atoms with van der Waals surface area (Å²) in [7, 11) is 1.26. The van der Waals surface area contributed by atoms with E-state index >= 15 is 0 Å². The van der Waals surface area contributed by atoms with Crippen LogP contribution in [0.15, 0.2) is 72.8 Å². The first kappa shape index (κ1) is 25.7. The molecule has 7 heteroatoms. The van der Waals surface area contributed by atoms with Crippen molar-refractivity contribution in [2.45, 2.75) is 31.9 Å². The summed E-state index contributed by atoms with van der Waals surface area (Å²) in [5, 5.41) is 11.5. The van der Waals surface area contributed by atoms with Crippen molar-refractivity contribution in [2.24, 2.45) is 17.8 Å². The lowest BCUT2D eigenvalue weighted by Crippen LogP contribution is -2.41. The molecule has 2 fully saturated rings. The highest BCUT2D eigenvalue weighted by molar-refractivity contribution is 5.96. The number of halogens is 1. The van der Waals surface area contributed by atoms with Gasteiger partial charge in [0.1, 0.15) is 5.82 Å². The van der Waals surface area contributed by atoms with Crippen LogP contribution >= 0.6 is 0 Å². The highest BCUT2D eigenvalue weighted by Gasteiger charge is 2.45. The van der Waals surface area contributed by atoms with Crippen LogP contribution < -0.4 is 10.6 Å². The number of hydrogen-bond acceptors (Lipinski definition) is 5. The minimum absolute atomic E-state index is 0.208. The largest absolute Gasteiger partial charge is 0.466 e. The smallest absolute Gasteiger partial charge is 0.330 e. The molecule has 1 amide bonds. The number of rotatable bonds is 7. The van der Waals surface area contributed by atoms with Crippen LogP contribution in [0.1, 0.15) is 43.0 Å². The van der Waals surface area contributed by atoms with Gasteiger partial charge in [-0.05, 0) is 84.2 Å². The highest BCUT2D eigenvalue weighted by Crippen LogP contribution is 2.49. The van der Waals surface area contributed by atoms with Crippen LogP contribution in [-0.2, 0) is 14.3 Å². The number of ether oxygens (including phenoxy) is 1. The molecule has 3 N–H and O–H groups in total. The third-order valence-electron chi connectivity index (χ3n) is 7.79. The number of aliphatic hydroxyl groups excluding tert-OH is 1. The number of nitrogens with zero attached hydrogens (tertiary/aromatic N) is 1. The molecule has 2 bridgehead atoms. The molecule has 38 heavy (non-hydrogen) atoms. The van der Waals surface area contributed by atoms with Gasteiger partial charge in [-0.2, -0.15) is 0 Å². The van der Waals surface area contributed by atoms with Crippen molar-refractivity contribution in [1.82, 2.24) is 0 Å². The molecule has 0 saturated heterocycles. The van der Waals surface area contributed by atoms with Crippen LogP contribution in [0.5, 0.6) is 0 Å².